The molecule has 0 atom stereocenters. The highest BCUT2D eigenvalue weighted by Gasteiger charge is 2.32. The second-order valence-corrected chi connectivity index (χ2v) is 5.56. The Morgan fingerprint density at radius 1 is 1.20 bits per heavy atom. The molecule has 1 heterocycles. The lowest BCUT2D eigenvalue weighted by Crippen LogP contribution is -2.18. The molecule has 106 valence electrons. The Labute approximate surface area is 117 Å². The molecule has 1 saturated carbocycles. The fraction of sp³-hybridized carbons (Fsp3) is 0.467. The van der Waals surface area contributed by atoms with Crippen LogP contribution in [0.25, 0.3) is 0 Å². The maximum absolute atomic E-state index is 11.6. The fourth-order valence-electron chi connectivity index (χ4n) is 2.64. The van der Waals surface area contributed by atoms with E-state index in [2.05, 4.69) is 16.3 Å². The van der Waals surface area contributed by atoms with Crippen molar-refractivity contribution in [2.75, 3.05) is 5.32 Å². The molecular weight excluding hydrogens is 256 g/mol. The zero-order chi connectivity index (χ0) is 14.1. The topological polar surface area (TPSA) is 69.6 Å². The molecule has 0 aromatic heterocycles. The van der Waals surface area contributed by atoms with Gasteiger partial charge in [0.25, 0.3) is 0 Å². The lowest BCUT2D eigenvalue weighted by Gasteiger charge is -2.12. The first-order valence-corrected chi connectivity index (χ1v) is 6.99. The molecule has 3 rings (SSSR count). The van der Waals surface area contributed by atoms with Crippen LogP contribution in [-0.4, -0.2) is 27.9 Å². The molecule has 1 aromatic carbocycles. The maximum atomic E-state index is 11.6. The van der Waals surface area contributed by atoms with E-state index in [9.17, 15) is 9.59 Å². The molecule has 1 fully saturated rings. The third-order valence-corrected chi connectivity index (χ3v) is 3.87. The van der Waals surface area contributed by atoms with Crippen molar-refractivity contribution >= 4 is 17.6 Å². The summed E-state index contributed by atoms with van der Waals surface area (Å²) in [4.78, 5) is 24.5. The van der Waals surface area contributed by atoms with Gasteiger partial charge in [-0.3, -0.25) is 14.5 Å². The van der Waals surface area contributed by atoms with Crippen LogP contribution in [-0.2, 0) is 22.7 Å². The SMILES string of the molecule is O=C(O)CCC(=O)Nc1ccc2c(c1)CN(C1CC1)C2. The summed E-state index contributed by atoms with van der Waals surface area (Å²) in [5.41, 5.74) is 3.37. The van der Waals surface area contributed by atoms with E-state index in [0.29, 0.717) is 0 Å². The Hall–Kier alpha value is -1.88. The maximum Gasteiger partial charge on any atom is 0.303 e. The van der Waals surface area contributed by atoms with Crippen LogP contribution >= 0.6 is 0 Å². The van der Waals surface area contributed by atoms with Crippen molar-refractivity contribution < 1.29 is 14.7 Å². The monoisotopic (exact) mass is 274 g/mol. The number of carbonyl (C=O) groups excluding carboxylic acids is 1. The van der Waals surface area contributed by atoms with Crippen LogP contribution in [0.4, 0.5) is 5.69 Å². The summed E-state index contributed by atoms with van der Waals surface area (Å²) in [6, 6.07) is 6.71. The van der Waals surface area contributed by atoms with E-state index in [1.807, 2.05) is 12.1 Å². The summed E-state index contributed by atoms with van der Waals surface area (Å²) in [6.45, 7) is 1.96. The van der Waals surface area contributed by atoms with E-state index in [4.69, 9.17) is 5.11 Å². The van der Waals surface area contributed by atoms with Crippen LogP contribution in [0.2, 0.25) is 0 Å². The Balaban J connectivity index is 1.60. The van der Waals surface area contributed by atoms with Gasteiger partial charge in [-0.2, -0.15) is 0 Å². The number of aliphatic carboxylic acids is 1. The van der Waals surface area contributed by atoms with Crippen LogP contribution < -0.4 is 5.32 Å². The van der Waals surface area contributed by atoms with Gasteiger partial charge in [0, 0.05) is 31.2 Å². The Bertz CT molecular complexity index is 552. The van der Waals surface area contributed by atoms with E-state index in [1.54, 1.807) is 0 Å². The number of carboxylic acids is 1. The average Bonchev–Trinajstić information content (AvgIpc) is 3.16. The zero-order valence-corrected chi connectivity index (χ0v) is 11.3. The van der Waals surface area contributed by atoms with Gasteiger partial charge in [0.1, 0.15) is 0 Å². The number of anilines is 1. The molecule has 1 aromatic rings. The first-order valence-electron chi connectivity index (χ1n) is 6.99. The van der Waals surface area contributed by atoms with E-state index in [1.165, 1.54) is 24.0 Å². The highest BCUT2D eigenvalue weighted by atomic mass is 16.4. The minimum atomic E-state index is -0.950. The largest absolute Gasteiger partial charge is 0.481 e. The lowest BCUT2D eigenvalue weighted by molar-refractivity contribution is -0.138. The molecule has 0 spiro atoms. The summed E-state index contributed by atoms with van der Waals surface area (Å²) in [5.74, 6) is -1.20. The van der Waals surface area contributed by atoms with E-state index >= 15 is 0 Å². The number of carboxylic acid groups (broad SMARTS) is 1. The van der Waals surface area contributed by atoms with Gasteiger partial charge in [0.15, 0.2) is 0 Å². The van der Waals surface area contributed by atoms with Gasteiger partial charge in [0.05, 0.1) is 6.42 Å². The third-order valence-electron chi connectivity index (χ3n) is 3.87. The minimum Gasteiger partial charge on any atom is -0.481 e. The van der Waals surface area contributed by atoms with Gasteiger partial charge in [0.2, 0.25) is 5.91 Å². The number of hydrogen-bond acceptors (Lipinski definition) is 3. The first kappa shape index (κ1) is 13.1. The van der Waals surface area contributed by atoms with E-state index in [0.717, 1.165) is 24.8 Å². The highest BCUT2D eigenvalue weighted by Crippen LogP contribution is 2.35. The second kappa shape index (κ2) is 5.25. The molecule has 1 amide bonds. The molecule has 2 N–H and O–H groups in total. The smallest absolute Gasteiger partial charge is 0.303 e. The summed E-state index contributed by atoms with van der Waals surface area (Å²) in [7, 11) is 0. The molecule has 5 nitrogen and oxygen atoms in total. The predicted molar refractivity (Wildman–Crippen MR) is 74.2 cm³/mol. The molecular formula is C15H18N2O3. The predicted octanol–water partition coefficient (Wildman–Crippen LogP) is 1.97. The summed E-state index contributed by atoms with van der Waals surface area (Å²) < 4.78 is 0. The number of fused-ring (bicyclic) bond motifs is 1. The number of nitrogens with zero attached hydrogens (tertiary/aromatic N) is 1. The minimum absolute atomic E-state index is 0.0145. The average molecular weight is 274 g/mol. The number of amides is 1. The van der Waals surface area contributed by atoms with Crippen LogP contribution in [0, 0.1) is 0 Å². The number of carbonyl (C=O) groups is 2. The molecule has 0 saturated heterocycles. The molecule has 1 aliphatic carbocycles. The number of benzene rings is 1. The molecule has 0 unspecified atom stereocenters. The number of hydrogen-bond donors (Lipinski definition) is 2. The van der Waals surface area contributed by atoms with Crippen molar-refractivity contribution in [3.05, 3.63) is 29.3 Å². The Morgan fingerprint density at radius 3 is 2.65 bits per heavy atom. The lowest BCUT2D eigenvalue weighted by atomic mass is 10.1. The standard InChI is InChI=1S/C15H18N2O3/c18-14(5-6-15(19)20)16-12-2-1-10-8-17(13-3-4-13)9-11(10)7-12/h1-2,7,13H,3-6,8-9H2,(H,16,18)(H,19,20). The van der Waals surface area contributed by atoms with Crippen molar-refractivity contribution in [2.24, 2.45) is 0 Å². The molecule has 2 aliphatic rings. The Kier molecular flexibility index (Phi) is 3.44. The van der Waals surface area contributed by atoms with Crippen LogP contribution in [0.5, 0.6) is 0 Å². The van der Waals surface area contributed by atoms with Gasteiger partial charge < -0.3 is 10.4 Å². The summed E-state index contributed by atoms with van der Waals surface area (Å²) in [5, 5.41) is 11.3. The normalized spacial score (nSPS) is 17.8. The van der Waals surface area contributed by atoms with E-state index in [-0.39, 0.29) is 18.7 Å². The van der Waals surface area contributed by atoms with Crippen molar-refractivity contribution in [1.29, 1.82) is 0 Å². The molecule has 0 bridgehead atoms. The van der Waals surface area contributed by atoms with Gasteiger partial charge in [-0.25, -0.2) is 0 Å². The number of rotatable bonds is 5. The second-order valence-electron chi connectivity index (χ2n) is 5.56. The highest BCUT2D eigenvalue weighted by molar-refractivity contribution is 5.92. The van der Waals surface area contributed by atoms with Gasteiger partial charge in [-0.1, -0.05) is 6.07 Å². The van der Waals surface area contributed by atoms with E-state index < -0.39 is 5.97 Å². The molecule has 5 heteroatoms. The number of nitrogens with one attached hydrogen (secondary N) is 1. The van der Waals surface area contributed by atoms with Crippen molar-refractivity contribution in [1.82, 2.24) is 4.90 Å². The van der Waals surface area contributed by atoms with Crippen molar-refractivity contribution in [2.45, 2.75) is 44.8 Å². The van der Waals surface area contributed by atoms with Gasteiger partial charge >= 0.3 is 5.97 Å². The molecule has 1 aliphatic heterocycles. The van der Waals surface area contributed by atoms with Gasteiger partial charge in [-0.05, 0) is 36.1 Å². The fourth-order valence-corrected chi connectivity index (χ4v) is 2.64. The van der Waals surface area contributed by atoms with Gasteiger partial charge in [-0.15, -0.1) is 0 Å². The van der Waals surface area contributed by atoms with Crippen LogP contribution in [0.3, 0.4) is 0 Å². The van der Waals surface area contributed by atoms with Crippen molar-refractivity contribution in [3.63, 3.8) is 0 Å². The zero-order valence-electron chi connectivity index (χ0n) is 11.3. The molecule has 0 radical (unpaired) electrons. The quantitative estimate of drug-likeness (QED) is 0.861. The van der Waals surface area contributed by atoms with Crippen LogP contribution in [0.1, 0.15) is 36.8 Å². The van der Waals surface area contributed by atoms with Crippen LogP contribution in [0.15, 0.2) is 18.2 Å². The first-order chi connectivity index (χ1) is 9.61. The third kappa shape index (κ3) is 2.99. The van der Waals surface area contributed by atoms with Crippen molar-refractivity contribution in [3.8, 4) is 0 Å². The summed E-state index contributed by atoms with van der Waals surface area (Å²) >= 11 is 0. The molecule has 20 heavy (non-hydrogen) atoms. The Morgan fingerprint density at radius 2 is 1.95 bits per heavy atom. The summed E-state index contributed by atoms with van der Waals surface area (Å²) in [6.07, 6.45) is 2.48.